The molecule has 0 unspecified atom stereocenters. The van der Waals surface area contributed by atoms with Crippen LogP contribution in [0.1, 0.15) is 58.3 Å². The Kier molecular flexibility index (Phi) is 6.24. The molecular weight excluding hydrogens is 372 g/mol. The van der Waals surface area contributed by atoms with Crippen molar-refractivity contribution >= 4 is 45.6 Å². The van der Waals surface area contributed by atoms with Crippen molar-refractivity contribution in [1.29, 1.82) is 0 Å². The van der Waals surface area contributed by atoms with Gasteiger partial charge in [-0.05, 0) is 6.42 Å². The molecule has 1 fully saturated rings. The van der Waals surface area contributed by atoms with Crippen molar-refractivity contribution in [2.45, 2.75) is 58.3 Å². The van der Waals surface area contributed by atoms with Crippen LogP contribution in [0.4, 0.5) is 0 Å². The maximum absolute atomic E-state index is 12.6. The van der Waals surface area contributed by atoms with Crippen LogP contribution in [-0.2, 0) is 19.2 Å². The molecule has 1 saturated heterocycles. The molecule has 4 bridgehead atoms. The maximum atomic E-state index is 12.6. The molecule has 140 valence electrons. The summed E-state index contributed by atoms with van der Waals surface area (Å²) in [5, 5.41) is 0. The van der Waals surface area contributed by atoms with E-state index in [2.05, 4.69) is 6.92 Å². The minimum absolute atomic E-state index is 0.338. The summed E-state index contributed by atoms with van der Waals surface area (Å²) in [4.78, 5) is 49.3. The lowest BCUT2D eigenvalue weighted by Gasteiger charge is -2.17. The van der Waals surface area contributed by atoms with Crippen LogP contribution in [-0.4, -0.2) is 32.2 Å². The van der Waals surface area contributed by atoms with E-state index in [0.29, 0.717) is 17.6 Å². The standard InChI is InChI=1S/C18H22N2O4S2/c1-2-3-4-5-6-7-8-9-12-13-10-15(21)19(17(13)23)25-26-20-16(22)11-14(12)18(20)24/h10-12H,2-9H2,1H3. The summed E-state index contributed by atoms with van der Waals surface area (Å²) in [5.74, 6) is -2.00. The Bertz CT molecular complexity index is 651. The van der Waals surface area contributed by atoms with Crippen LogP contribution in [0.25, 0.3) is 0 Å². The van der Waals surface area contributed by atoms with Crippen molar-refractivity contribution in [3.63, 3.8) is 0 Å². The van der Waals surface area contributed by atoms with Crippen LogP contribution < -0.4 is 0 Å². The van der Waals surface area contributed by atoms with Crippen LogP contribution in [0.5, 0.6) is 0 Å². The number of hydrogen-bond donors (Lipinski definition) is 0. The summed E-state index contributed by atoms with van der Waals surface area (Å²) in [5.41, 5.74) is 0.676. The van der Waals surface area contributed by atoms with Crippen LogP contribution >= 0.6 is 22.0 Å². The molecule has 3 aliphatic rings. The molecule has 0 N–H and O–H groups in total. The highest BCUT2D eigenvalue weighted by atomic mass is 33.1. The first-order valence-electron chi connectivity index (χ1n) is 9.09. The van der Waals surface area contributed by atoms with Gasteiger partial charge in [0.1, 0.15) is 0 Å². The number of fused-ring (bicyclic) bond motifs is 4. The van der Waals surface area contributed by atoms with Gasteiger partial charge in [-0.25, -0.2) is 8.61 Å². The number of hydrogen-bond acceptors (Lipinski definition) is 6. The Morgan fingerprint density at radius 1 is 0.769 bits per heavy atom. The molecule has 0 aliphatic carbocycles. The lowest BCUT2D eigenvalue weighted by molar-refractivity contribution is -0.132. The molecule has 0 aromatic rings. The molecule has 3 rings (SSSR count). The smallest absolute Gasteiger partial charge is 0.268 e. The molecule has 0 aromatic heterocycles. The van der Waals surface area contributed by atoms with E-state index < -0.39 is 17.7 Å². The Morgan fingerprint density at radius 2 is 1.23 bits per heavy atom. The van der Waals surface area contributed by atoms with Gasteiger partial charge in [0.25, 0.3) is 23.6 Å². The van der Waals surface area contributed by atoms with Crippen LogP contribution in [0.3, 0.4) is 0 Å². The highest BCUT2D eigenvalue weighted by Crippen LogP contribution is 2.44. The molecule has 0 radical (unpaired) electrons. The summed E-state index contributed by atoms with van der Waals surface area (Å²) in [6, 6.07) is 0. The van der Waals surface area contributed by atoms with Crippen molar-refractivity contribution < 1.29 is 19.2 Å². The van der Waals surface area contributed by atoms with Gasteiger partial charge in [-0.15, -0.1) is 0 Å². The first-order chi connectivity index (χ1) is 12.5. The van der Waals surface area contributed by atoms with Gasteiger partial charge in [0, 0.05) is 29.2 Å². The Morgan fingerprint density at radius 3 is 1.73 bits per heavy atom. The van der Waals surface area contributed by atoms with Gasteiger partial charge in [-0.2, -0.15) is 0 Å². The summed E-state index contributed by atoms with van der Waals surface area (Å²) in [7, 11) is 1.65. The quantitative estimate of drug-likeness (QED) is 0.271. The SMILES string of the molecule is CCCCCCCCCC1C2=CC(=O)N(SSN3C(=O)C=C1C3=O)C2=O. The first-order valence-corrected chi connectivity index (χ1v) is 11.2. The summed E-state index contributed by atoms with van der Waals surface area (Å²) in [6.07, 6.45) is 11.1. The molecule has 0 saturated carbocycles. The molecule has 26 heavy (non-hydrogen) atoms. The Balaban J connectivity index is 1.71. The number of rotatable bonds is 8. The second kappa shape index (κ2) is 8.43. The third-order valence-electron chi connectivity index (χ3n) is 4.85. The number of unbranched alkanes of at least 4 members (excludes halogenated alkanes) is 6. The molecule has 3 heterocycles. The predicted molar refractivity (Wildman–Crippen MR) is 101 cm³/mol. The van der Waals surface area contributed by atoms with Gasteiger partial charge < -0.3 is 0 Å². The fourth-order valence-electron chi connectivity index (χ4n) is 3.43. The zero-order chi connectivity index (χ0) is 18.7. The van der Waals surface area contributed by atoms with Gasteiger partial charge in [0.05, 0.1) is 22.0 Å². The lowest BCUT2D eigenvalue weighted by Crippen LogP contribution is -2.25. The average molecular weight is 395 g/mol. The van der Waals surface area contributed by atoms with Crippen molar-refractivity contribution in [2.24, 2.45) is 5.92 Å². The molecule has 0 aromatic carbocycles. The zero-order valence-corrected chi connectivity index (χ0v) is 16.4. The first kappa shape index (κ1) is 19.2. The highest BCUT2D eigenvalue weighted by molar-refractivity contribution is 8.75. The van der Waals surface area contributed by atoms with Gasteiger partial charge in [0.2, 0.25) is 0 Å². The second-order valence-electron chi connectivity index (χ2n) is 6.69. The number of imide groups is 2. The van der Waals surface area contributed by atoms with Crippen LogP contribution in [0.2, 0.25) is 0 Å². The average Bonchev–Trinajstić information content (AvgIpc) is 3.05. The van der Waals surface area contributed by atoms with E-state index in [1.807, 2.05) is 0 Å². The van der Waals surface area contributed by atoms with Crippen LogP contribution in [0, 0.1) is 5.92 Å². The van der Waals surface area contributed by atoms with Gasteiger partial charge >= 0.3 is 0 Å². The molecule has 6 nitrogen and oxygen atoms in total. The summed E-state index contributed by atoms with van der Waals surface area (Å²) >= 11 is 0. The monoisotopic (exact) mass is 394 g/mol. The van der Waals surface area contributed by atoms with E-state index in [-0.39, 0.29) is 11.8 Å². The molecule has 0 atom stereocenters. The third kappa shape index (κ3) is 3.76. The van der Waals surface area contributed by atoms with Crippen molar-refractivity contribution in [1.82, 2.24) is 8.61 Å². The van der Waals surface area contributed by atoms with Crippen molar-refractivity contribution in [2.75, 3.05) is 0 Å². The summed E-state index contributed by atoms with van der Waals surface area (Å²) < 4.78 is 2.05. The van der Waals surface area contributed by atoms with Gasteiger partial charge in [-0.3, -0.25) is 19.2 Å². The third-order valence-corrected chi connectivity index (χ3v) is 7.00. The van der Waals surface area contributed by atoms with Gasteiger partial charge in [-0.1, -0.05) is 51.9 Å². The van der Waals surface area contributed by atoms with E-state index in [0.717, 1.165) is 49.8 Å². The van der Waals surface area contributed by atoms with E-state index in [9.17, 15) is 19.2 Å². The highest BCUT2D eigenvalue weighted by Gasteiger charge is 2.45. The summed E-state index contributed by atoms with van der Waals surface area (Å²) in [6.45, 7) is 2.18. The minimum Gasteiger partial charge on any atom is -0.268 e. The topological polar surface area (TPSA) is 74.8 Å². The van der Waals surface area contributed by atoms with Crippen LogP contribution in [0.15, 0.2) is 23.3 Å². The maximum Gasteiger partial charge on any atom is 0.268 e. The Labute approximate surface area is 161 Å². The van der Waals surface area contributed by atoms with Gasteiger partial charge in [0.15, 0.2) is 0 Å². The normalized spacial score (nSPS) is 20.3. The fourth-order valence-corrected chi connectivity index (χ4v) is 5.41. The predicted octanol–water partition coefficient (Wildman–Crippen LogP) is 3.56. The van der Waals surface area contributed by atoms with Crippen molar-refractivity contribution in [3.05, 3.63) is 23.3 Å². The fraction of sp³-hybridized carbons (Fsp3) is 0.556. The molecule has 4 amide bonds. The van der Waals surface area contributed by atoms with E-state index >= 15 is 0 Å². The van der Waals surface area contributed by atoms with E-state index in [1.54, 1.807) is 0 Å². The Hall–Kier alpha value is -1.54. The molecular formula is C18H22N2O4S2. The lowest BCUT2D eigenvalue weighted by atomic mass is 9.86. The number of carbonyl (C=O) groups excluding carboxylic acids is 4. The zero-order valence-electron chi connectivity index (χ0n) is 14.7. The minimum atomic E-state index is -0.479. The number of carbonyl (C=O) groups is 4. The molecule has 8 heteroatoms. The van der Waals surface area contributed by atoms with E-state index in [1.165, 1.54) is 37.8 Å². The number of amides is 4. The second-order valence-corrected chi connectivity index (χ2v) is 8.61. The molecule has 3 aliphatic heterocycles. The van der Waals surface area contributed by atoms with Crippen molar-refractivity contribution in [3.8, 4) is 0 Å². The number of nitrogens with zero attached hydrogens (tertiary/aromatic N) is 2. The largest absolute Gasteiger partial charge is 0.268 e. The van der Waals surface area contributed by atoms with E-state index in [4.69, 9.17) is 0 Å². The molecule has 0 spiro atoms.